The molecular weight excluding hydrogens is 600 g/mol. The van der Waals surface area contributed by atoms with Crippen molar-refractivity contribution >= 4 is 42.8 Å². The van der Waals surface area contributed by atoms with Crippen molar-refractivity contribution in [3.63, 3.8) is 0 Å². The second kappa shape index (κ2) is 14.5. The van der Waals surface area contributed by atoms with Gasteiger partial charge >= 0.3 is 59.1 Å². The molecule has 214 valence electrons. The van der Waals surface area contributed by atoms with Gasteiger partial charge in [-0.1, -0.05) is 0 Å². The van der Waals surface area contributed by atoms with Gasteiger partial charge in [0, 0.05) is 17.8 Å². The van der Waals surface area contributed by atoms with Gasteiger partial charge in [-0.2, -0.15) is 4.98 Å². The van der Waals surface area contributed by atoms with Gasteiger partial charge in [-0.15, -0.1) is 0 Å². The molecule has 0 unspecified atom stereocenters. The topological polar surface area (TPSA) is 192 Å². The van der Waals surface area contributed by atoms with Crippen molar-refractivity contribution in [2.24, 2.45) is 0 Å². The average Bonchev–Trinajstić information content (AvgIpc) is 2.98. The van der Waals surface area contributed by atoms with Gasteiger partial charge in [0.05, 0.1) is 57.0 Å². The smallest absolute Gasteiger partial charge is 0.790 e. The second-order valence-electron chi connectivity index (χ2n) is 7.74. The van der Waals surface area contributed by atoms with Crippen LogP contribution in [-0.2, 0) is 13.9 Å². The number of anilines is 5. The van der Waals surface area contributed by atoms with E-state index in [4.69, 9.17) is 36.1 Å². The normalized spacial score (nSPS) is 20.3. The van der Waals surface area contributed by atoms with E-state index in [1.165, 1.54) is 0 Å². The summed E-state index contributed by atoms with van der Waals surface area (Å²) in [6.45, 7) is -1.71. The molecule has 0 saturated carbocycles. The van der Waals surface area contributed by atoms with E-state index < -0.39 is 135 Å². The molecule has 4 rings (SSSR count). The van der Waals surface area contributed by atoms with Crippen molar-refractivity contribution in [1.82, 2.24) is 15.0 Å². The van der Waals surface area contributed by atoms with Crippen LogP contribution in [0.2, 0.25) is 0 Å². The van der Waals surface area contributed by atoms with Crippen LogP contribution >= 0.6 is 7.82 Å². The molecule has 2 aromatic heterocycles. The number of fused-ring (bicyclic) bond motifs is 1. The minimum atomic E-state index is -6.18. The summed E-state index contributed by atoms with van der Waals surface area (Å²) in [4.78, 5) is 46.8. The molecule has 0 fully saturated rings. The molecule has 1 amide bonds. The number of ether oxygens (including phenoxy) is 4. The predicted molar refractivity (Wildman–Crippen MR) is 135 cm³/mol. The third-order valence-corrected chi connectivity index (χ3v) is 4.91. The summed E-state index contributed by atoms with van der Waals surface area (Å²) in [6.07, 6.45) is -1.30. The van der Waals surface area contributed by atoms with E-state index in [0.29, 0.717) is 0 Å². The van der Waals surface area contributed by atoms with Crippen LogP contribution in [-0.4, -0.2) is 54.3 Å². The number of amides is 1. The number of halogens is 1. The Morgan fingerprint density at radius 1 is 1.14 bits per heavy atom. The van der Waals surface area contributed by atoms with Gasteiger partial charge in [-0.3, -0.25) is 9.69 Å². The maximum absolute atomic E-state index is 15.3. The maximum Gasteiger partial charge on any atom is 1.00 e. The Labute approximate surface area is 306 Å². The van der Waals surface area contributed by atoms with E-state index in [1.54, 1.807) is 0 Å². The number of phosphoric acid groups is 1. The van der Waals surface area contributed by atoms with Crippen molar-refractivity contribution in [2.75, 3.05) is 43.3 Å². The van der Waals surface area contributed by atoms with Crippen molar-refractivity contribution in [2.45, 2.75) is 19.4 Å². The third-order valence-electron chi connectivity index (χ3n) is 4.60. The van der Waals surface area contributed by atoms with Gasteiger partial charge in [0.15, 0.2) is 40.3 Å². The minimum Gasteiger partial charge on any atom is -0.790 e. The molecule has 1 aromatic carbocycles. The number of hydrogen-bond acceptors (Lipinski definition) is 14. The standard InChI is InChI=1S/C23H26FN6O9P.2Na/c1-23(2)21(31)30(11-38-40(32,33)34)20-14(39-23)6-7-17(28-20)27-19-13(24)10-25-22(29-19)26-12-8-15(35-3)18(37-5)16(9-12)36-4;;/h6-10H,11H2,1-5H3,(H2,32,33,34)(H2,25,26,27,28,29);;/q;2*+1/p-2/i3D3,4D3,5D3,6D,7D,8D,9D,10D,11D2;;. The van der Waals surface area contributed by atoms with Crippen LogP contribution in [0, 0.1) is 5.82 Å². The summed E-state index contributed by atoms with van der Waals surface area (Å²) in [6, 6.07) is -4.39. The molecule has 0 radical (unpaired) electrons. The van der Waals surface area contributed by atoms with Gasteiger partial charge in [0.25, 0.3) is 5.91 Å². The van der Waals surface area contributed by atoms with E-state index >= 15 is 4.39 Å². The molecular formula is C23H24FN6Na2O9P. The molecule has 1 aliphatic rings. The summed E-state index contributed by atoms with van der Waals surface area (Å²) in [5, 5.41) is 4.23. The monoisotopic (exact) mass is 640 g/mol. The molecule has 42 heavy (non-hydrogen) atoms. The molecule has 3 aromatic rings. The Bertz CT molecular complexity index is 2100. The first-order valence-corrected chi connectivity index (χ1v) is 11.7. The molecule has 0 spiro atoms. The van der Waals surface area contributed by atoms with E-state index in [0.717, 1.165) is 13.8 Å². The van der Waals surface area contributed by atoms with Crippen LogP contribution in [0.4, 0.5) is 33.5 Å². The van der Waals surface area contributed by atoms with Gasteiger partial charge in [-0.05, 0) is 25.9 Å². The quantitative estimate of drug-likeness (QED) is 0.160. The van der Waals surface area contributed by atoms with Crippen molar-refractivity contribution in [3.05, 3.63) is 36.2 Å². The average molecular weight is 641 g/mol. The molecule has 0 bridgehead atoms. The van der Waals surface area contributed by atoms with Crippen molar-refractivity contribution < 1.29 is 128 Å². The van der Waals surface area contributed by atoms with Crippen LogP contribution in [0.1, 0.15) is 35.8 Å². The molecule has 0 aliphatic carbocycles. The fourth-order valence-corrected chi connectivity index (χ4v) is 3.13. The first kappa shape index (κ1) is 18.5. The Hall–Kier alpha value is -2.24. The second-order valence-corrected chi connectivity index (χ2v) is 8.81. The number of nitrogens with one attached hydrogen (secondary N) is 2. The zero-order valence-electron chi connectivity index (χ0n) is 37.8. The Kier molecular flexibility index (Phi) is 6.40. The first-order chi connectivity index (χ1) is 25.1. The van der Waals surface area contributed by atoms with E-state index in [2.05, 4.69) is 34.8 Å². The summed E-state index contributed by atoms with van der Waals surface area (Å²) >= 11 is 0. The predicted octanol–water partition coefficient (Wildman–Crippen LogP) is -4.16. The van der Waals surface area contributed by atoms with E-state index in [1.807, 2.05) is 0 Å². The number of methoxy groups -OCH3 is 3. The van der Waals surface area contributed by atoms with Crippen molar-refractivity contribution in [1.29, 1.82) is 0 Å². The Morgan fingerprint density at radius 2 is 1.81 bits per heavy atom. The number of pyridine rings is 1. The van der Waals surface area contributed by atoms with Crippen LogP contribution in [0.15, 0.2) is 30.3 Å². The zero-order chi connectivity index (χ0) is 42.9. The van der Waals surface area contributed by atoms with Gasteiger partial charge in [0.1, 0.15) is 12.5 Å². The van der Waals surface area contributed by atoms with Gasteiger partial charge in [0.2, 0.25) is 11.7 Å². The van der Waals surface area contributed by atoms with Crippen LogP contribution < -0.4 is 103 Å². The Balaban J connectivity index is 0.00000580. The molecule has 0 saturated heterocycles. The van der Waals surface area contributed by atoms with Gasteiger partial charge < -0.3 is 48.5 Å². The summed E-state index contributed by atoms with van der Waals surface area (Å²) in [5.41, 5.74) is -3.07. The van der Waals surface area contributed by atoms with E-state index in [-0.39, 0.29) is 64.0 Å². The zero-order valence-corrected chi connectivity index (χ0v) is 26.7. The number of rotatable bonds is 10. The van der Waals surface area contributed by atoms with E-state index in [9.17, 15) is 19.1 Å². The largest absolute Gasteiger partial charge is 1.00 e. The number of nitrogens with zero attached hydrogens (tertiary/aromatic N) is 4. The molecule has 1 aliphatic heterocycles. The summed E-state index contributed by atoms with van der Waals surface area (Å²) < 4.78 is 175. The number of carbonyl (C=O) groups is 1. The van der Waals surface area contributed by atoms with Gasteiger partial charge in [-0.25, -0.2) is 14.4 Å². The SMILES string of the molecule is [2H]c1nc(Nc2c([2H])c(OC([2H])([2H])[2H])c(OC([2H])([2H])[2H])c(OC([2H])([2H])[2H])c2[2H])nc(Nc2nc3c(c([2H])c2[2H])OC(C)(C)C(=O)N3C([2H])([2H])OP(=O)([O-])[O-])c1F.[Na+].[Na+]. The molecule has 15 nitrogen and oxygen atoms in total. The van der Waals surface area contributed by atoms with Crippen LogP contribution in [0.25, 0.3) is 0 Å². The summed E-state index contributed by atoms with van der Waals surface area (Å²) in [5.74, 6) is -11.9. The number of aromatic nitrogens is 3. The minimum absolute atomic E-state index is 0. The first-order valence-electron chi connectivity index (χ1n) is 18.2. The molecule has 0 atom stereocenters. The fraction of sp³-hybridized carbons (Fsp3) is 0.304. The molecule has 19 heteroatoms. The number of benzene rings is 1. The number of hydrogen-bond donors (Lipinski definition) is 2. The van der Waals surface area contributed by atoms with Crippen LogP contribution in [0.3, 0.4) is 0 Å². The third kappa shape index (κ3) is 8.23. The number of phosphoric ester groups is 1. The Morgan fingerprint density at radius 3 is 2.43 bits per heavy atom. The van der Waals surface area contributed by atoms with Crippen molar-refractivity contribution in [3.8, 4) is 23.0 Å². The molecule has 3 heterocycles. The number of carbonyl (C=O) groups excluding carboxylic acids is 1. The van der Waals surface area contributed by atoms with Crippen LogP contribution in [0.5, 0.6) is 23.0 Å². The summed E-state index contributed by atoms with van der Waals surface area (Å²) in [7, 11) is -16.6. The maximum atomic E-state index is 15.3. The fourth-order valence-electron chi connectivity index (χ4n) is 2.95. The molecule has 2 N–H and O–H groups in total.